The molecule has 2 heterocycles. The zero-order valence-corrected chi connectivity index (χ0v) is 19.6. The lowest BCUT2D eigenvalue weighted by atomic mass is 10.1. The van der Waals surface area contributed by atoms with Gasteiger partial charge in [0, 0.05) is 50.4 Å². The van der Waals surface area contributed by atoms with Crippen molar-refractivity contribution in [3.05, 3.63) is 51.3 Å². The number of halogens is 1. The molecule has 8 heteroatoms. The summed E-state index contributed by atoms with van der Waals surface area (Å²) in [5.74, 6) is 1.69. The lowest BCUT2D eigenvalue weighted by molar-refractivity contribution is 0.380. The van der Waals surface area contributed by atoms with E-state index in [1.165, 1.54) is 0 Å². The number of nitrogens with zero attached hydrogens (tertiary/aromatic N) is 3. The Morgan fingerprint density at radius 2 is 2.00 bits per heavy atom. The Bertz CT molecular complexity index is 792. The molecular formula is C20H32IN5O2. The van der Waals surface area contributed by atoms with Crippen LogP contribution >= 0.6 is 24.0 Å². The Balaban J connectivity index is 0.00000392. The minimum Gasteiger partial charge on any atom is -0.361 e. The number of aromatic nitrogens is 2. The molecule has 0 aliphatic heterocycles. The van der Waals surface area contributed by atoms with E-state index in [1.807, 2.05) is 17.6 Å². The fraction of sp³-hybridized carbons (Fsp3) is 0.550. The van der Waals surface area contributed by atoms with Gasteiger partial charge in [-0.15, -0.1) is 24.0 Å². The van der Waals surface area contributed by atoms with Crippen LogP contribution in [0.15, 0.2) is 32.5 Å². The van der Waals surface area contributed by atoms with Crippen LogP contribution in [0.1, 0.15) is 49.4 Å². The second kappa shape index (κ2) is 12.6. The van der Waals surface area contributed by atoms with E-state index < -0.39 is 0 Å². The highest BCUT2D eigenvalue weighted by atomic mass is 127. The number of pyridine rings is 1. The maximum absolute atomic E-state index is 11.9. The maximum Gasteiger partial charge on any atom is 0.250 e. The SMILES string of the molecule is CCc1noc(CC)c1CNC(=NC)NCCCCn1c(C)cccc1=O.I. The standard InChI is InChI=1S/C20H31N5O2.HI/c1-5-17-16(18(6-2)27-24-17)14-23-20(21-4)22-12-7-8-13-25-15(3)10-9-11-19(25)26;/h9-11H,5-8,12-14H2,1-4H3,(H2,21,22,23);1H. The lowest BCUT2D eigenvalue weighted by Gasteiger charge is -2.13. The summed E-state index contributed by atoms with van der Waals surface area (Å²) in [4.78, 5) is 16.1. The Kier molecular flexibility index (Phi) is 10.9. The van der Waals surface area contributed by atoms with E-state index in [9.17, 15) is 4.79 Å². The Labute approximate surface area is 184 Å². The molecule has 0 amide bonds. The van der Waals surface area contributed by atoms with Gasteiger partial charge < -0.3 is 19.7 Å². The average Bonchev–Trinajstić information content (AvgIpc) is 3.08. The predicted molar refractivity (Wildman–Crippen MR) is 124 cm³/mol. The van der Waals surface area contributed by atoms with Gasteiger partial charge in [-0.05, 0) is 32.3 Å². The minimum absolute atomic E-state index is 0. The second-order valence-corrected chi connectivity index (χ2v) is 6.45. The van der Waals surface area contributed by atoms with Crippen molar-refractivity contribution >= 4 is 29.9 Å². The predicted octanol–water partition coefficient (Wildman–Crippen LogP) is 3.03. The molecule has 2 aromatic rings. The van der Waals surface area contributed by atoms with E-state index >= 15 is 0 Å². The van der Waals surface area contributed by atoms with Gasteiger partial charge in [-0.1, -0.05) is 25.1 Å². The van der Waals surface area contributed by atoms with Crippen molar-refractivity contribution in [2.24, 2.45) is 4.99 Å². The Morgan fingerprint density at radius 3 is 2.64 bits per heavy atom. The number of guanidine groups is 1. The normalized spacial score (nSPS) is 11.2. The number of hydrogen-bond donors (Lipinski definition) is 2. The van der Waals surface area contributed by atoms with Gasteiger partial charge in [0.05, 0.1) is 5.69 Å². The fourth-order valence-electron chi connectivity index (χ4n) is 3.04. The van der Waals surface area contributed by atoms with Crippen LogP contribution in [-0.4, -0.2) is 29.3 Å². The number of rotatable bonds is 9. The van der Waals surface area contributed by atoms with Crippen LogP contribution in [0.4, 0.5) is 0 Å². The second-order valence-electron chi connectivity index (χ2n) is 6.45. The van der Waals surface area contributed by atoms with Crippen LogP contribution in [0.2, 0.25) is 0 Å². The van der Waals surface area contributed by atoms with Gasteiger partial charge in [-0.25, -0.2) is 0 Å². The van der Waals surface area contributed by atoms with Crippen LogP contribution in [0.25, 0.3) is 0 Å². The first-order valence-corrected chi connectivity index (χ1v) is 9.67. The topological polar surface area (TPSA) is 84.4 Å². The zero-order valence-electron chi connectivity index (χ0n) is 17.2. The van der Waals surface area contributed by atoms with Crippen LogP contribution in [0.5, 0.6) is 0 Å². The highest BCUT2D eigenvalue weighted by Crippen LogP contribution is 2.15. The van der Waals surface area contributed by atoms with Crippen molar-refractivity contribution in [1.82, 2.24) is 20.4 Å². The number of aliphatic imine (C=N–C) groups is 1. The fourth-order valence-corrected chi connectivity index (χ4v) is 3.04. The summed E-state index contributed by atoms with van der Waals surface area (Å²) in [6.07, 6.45) is 3.56. The summed E-state index contributed by atoms with van der Waals surface area (Å²) in [5, 5.41) is 10.8. The van der Waals surface area contributed by atoms with Crippen molar-refractivity contribution in [3.8, 4) is 0 Å². The molecule has 0 unspecified atom stereocenters. The highest BCUT2D eigenvalue weighted by molar-refractivity contribution is 14.0. The van der Waals surface area contributed by atoms with E-state index in [-0.39, 0.29) is 29.5 Å². The number of nitrogens with one attached hydrogen (secondary N) is 2. The third kappa shape index (κ3) is 6.65. The molecule has 156 valence electrons. The Hall–Kier alpha value is -1.84. The minimum atomic E-state index is 0. The molecule has 2 aromatic heterocycles. The molecule has 2 rings (SSSR count). The van der Waals surface area contributed by atoms with Gasteiger partial charge in [0.1, 0.15) is 5.76 Å². The molecule has 2 N–H and O–H groups in total. The first-order valence-electron chi connectivity index (χ1n) is 9.67. The molecule has 7 nitrogen and oxygen atoms in total. The van der Waals surface area contributed by atoms with Crippen LogP contribution in [0.3, 0.4) is 0 Å². The molecule has 0 atom stereocenters. The van der Waals surface area contributed by atoms with Crippen molar-refractivity contribution in [2.75, 3.05) is 13.6 Å². The monoisotopic (exact) mass is 501 g/mol. The summed E-state index contributed by atoms with van der Waals surface area (Å²) < 4.78 is 7.22. The van der Waals surface area contributed by atoms with Gasteiger partial charge >= 0.3 is 0 Å². The molecule has 0 aliphatic carbocycles. The van der Waals surface area contributed by atoms with Crippen molar-refractivity contribution in [1.29, 1.82) is 0 Å². The third-order valence-electron chi connectivity index (χ3n) is 4.63. The number of aryl methyl sites for hydroxylation is 3. The van der Waals surface area contributed by atoms with Gasteiger partial charge in [0.2, 0.25) is 0 Å². The Morgan fingerprint density at radius 1 is 1.21 bits per heavy atom. The molecule has 0 radical (unpaired) electrons. The van der Waals surface area contributed by atoms with E-state index in [2.05, 4.69) is 34.6 Å². The molecule has 0 aromatic carbocycles. The highest BCUT2D eigenvalue weighted by Gasteiger charge is 2.13. The van der Waals surface area contributed by atoms with Crippen LogP contribution in [0, 0.1) is 6.92 Å². The zero-order chi connectivity index (χ0) is 19.6. The largest absolute Gasteiger partial charge is 0.361 e. The van der Waals surface area contributed by atoms with Gasteiger partial charge in [-0.2, -0.15) is 0 Å². The lowest BCUT2D eigenvalue weighted by Crippen LogP contribution is -2.37. The molecule has 0 spiro atoms. The molecule has 0 fully saturated rings. The summed E-state index contributed by atoms with van der Waals surface area (Å²) in [6.45, 7) is 8.29. The van der Waals surface area contributed by atoms with Gasteiger partial charge in [0.15, 0.2) is 5.96 Å². The quantitative estimate of drug-likeness (QED) is 0.239. The van der Waals surface area contributed by atoms with E-state index in [1.54, 1.807) is 19.2 Å². The molecule has 0 saturated heterocycles. The van der Waals surface area contributed by atoms with Crippen molar-refractivity contribution in [3.63, 3.8) is 0 Å². The van der Waals surface area contributed by atoms with Crippen LogP contribution in [-0.2, 0) is 25.9 Å². The first-order chi connectivity index (χ1) is 13.1. The van der Waals surface area contributed by atoms with E-state index in [0.717, 1.165) is 67.4 Å². The van der Waals surface area contributed by atoms with E-state index in [4.69, 9.17) is 4.52 Å². The van der Waals surface area contributed by atoms with Gasteiger partial charge in [0.25, 0.3) is 5.56 Å². The average molecular weight is 501 g/mol. The summed E-state index contributed by atoms with van der Waals surface area (Å²) in [6, 6.07) is 5.37. The number of unbranched alkanes of at least 4 members (excludes halogenated alkanes) is 1. The molecule has 28 heavy (non-hydrogen) atoms. The molecule has 0 aliphatic rings. The molecule has 0 saturated carbocycles. The summed E-state index contributed by atoms with van der Waals surface area (Å²) >= 11 is 0. The summed E-state index contributed by atoms with van der Waals surface area (Å²) in [7, 11) is 1.76. The first kappa shape index (κ1) is 24.2. The molecular weight excluding hydrogens is 469 g/mol. The van der Waals surface area contributed by atoms with Crippen molar-refractivity contribution in [2.45, 2.75) is 59.5 Å². The van der Waals surface area contributed by atoms with Crippen molar-refractivity contribution < 1.29 is 4.52 Å². The maximum atomic E-state index is 11.9. The number of hydrogen-bond acceptors (Lipinski definition) is 4. The van der Waals surface area contributed by atoms with Gasteiger partial charge in [-0.3, -0.25) is 9.79 Å². The third-order valence-corrected chi connectivity index (χ3v) is 4.63. The van der Waals surface area contributed by atoms with E-state index in [0.29, 0.717) is 6.54 Å². The molecule has 0 bridgehead atoms. The smallest absolute Gasteiger partial charge is 0.250 e. The van der Waals surface area contributed by atoms with Crippen LogP contribution < -0.4 is 16.2 Å². The summed E-state index contributed by atoms with van der Waals surface area (Å²) in [5.41, 5.74) is 3.19.